The van der Waals surface area contributed by atoms with Gasteiger partial charge in [0.2, 0.25) is 0 Å². The Kier molecular flexibility index (Phi) is 4.78. The standard InChI is InChI=1S/C14H9BrClN3O2/c15-11-3-2-10(14(6-11)19(20)21)8-18-13-5-9(7-17)1-4-12(13)16/h1-6,18H,8H2. The number of halogens is 2. The third kappa shape index (κ3) is 3.72. The third-order valence-electron chi connectivity index (χ3n) is 2.81. The Hall–Kier alpha value is -2.10. The monoisotopic (exact) mass is 365 g/mol. The van der Waals surface area contributed by atoms with Crippen LogP contribution in [0.4, 0.5) is 11.4 Å². The van der Waals surface area contributed by atoms with Crippen molar-refractivity contribution in [2.24, 2.45) is 0 Å². The van der Waals surface area contributed by atoms with Gasteiger partial charge < -0.3 is 5.32 Å². The first-order chi connectivity index (χ1) is 10.0. The molecule has 0 unspecified atom stereocenters. The Labute approximate surface area is 134 Å². The molecule has 2 rings (SSSR count). The SMILES string of the molecule is N#Cc1ccc(Cl)c(NCc2ccc(Br)cc2[N+](=O)[O-])c1. The molecule has 0 bridgehead atoms. The van der Waals surface area contributed by atoms with Gasteiger partial charge in [0, 0.05) is 22.6 Å². The molecule has 5 nitrogen and oxygen atoms in total. The fourth-order valence-corrected chi connectivity index (χ4v) is 2.31. The van der Waals surface area contributed by atoms with Gasteiger partial charge in [0.1, 0.15) is 0 Å². The summed E-state index contributed by atoms with van der Waals surface area (Å²) in [6, 6.07) is 11.7. The number of hydrogen-bond donors (Lipinski definition) is 1. The highest BCUT2D eigenvalue weighted by molar-refractivity contribution is 9.10. The molecule has 0 heterocycles. The number of nitriles is 1. The Morgan fingerprint density at radius 2 is 2.10 bits per heavy atom. The van der Waals surface area contributed by atoms with E-state index in [4.69, 9.17) is 16.9 Å². The molecule has 106 valence electrons. The number of nitrogens with zero attached hydrogens (tertiary/aromatic N) is 2. The van der Waals surface area contributed by atoms with Crippen LogP contribution in [0.2, 0.25) is 5.02 Å². The zero-order valence-corrected chi connectivity index (χ0v) is 13.0. The van der Waals surface area contributed by atoms with E-state index in [-0.39, 0.29) is 12.2 Å². The van der Waals surface area contributed by atoms with Crippen LogP contribution in [0.1, 0.15) is 11.1 Å². The van der Waals surface area contributed by atoms with Crippen LogP contribution in [0.5, 0.6) is 0 Å². The van der Waals surface area contributed by atoms with Crippen LogP contribution < -0.4 is 5.32 Å². The summed E-state index contributed by atoms with van der Waals surface area (Å²) in [6.07, 6.45) is 0. The second-order valence-corrected chi connectivity index (χ2v) is 5.51. The summed E-state index contributed by atoms with van der Waals surface area (Å²) < 4.78 is 0.641. The zero-order valence-electron chi connectivity index (χ0n) is 10.6. The first-order valence-corrected chi connectivity index (χ1v) is 7.04. The summed E-state index contributed by atoms with van der Waals surface area (Å²) in [5.41, 5.74) is 1.58. The molecule has 0 saturated carbocycles. The third-order valence-corrected chi connectivity index (χ3v) is 3.63. The van der Waals surface area contributed by atoms with Gasteiger partial charge in [-0.15, -0.1) is 0 Å². The van der Waals surface area contributed by atoms with E-state index in [9.17, 15) is 10.1 Å². The summed E-state index contributed by atoms with van der Waals surface area (Å²) >= 11 is 9.24. The number of anilines is 1. The van der Waals surface area contributed by atoms with Crippen molar-refractivity contribution in [2.75, 3.05) is 5.32 Å². The maximum atomic E-state index is 11.0. The van der Waals surface area contributed by atoms with Crippen LogP contribution in [0.25, 0.3) is 0 Å². The van der Waals surface area contributed by atoms with Crippen LogP contribution >= 0.6 is 27.5 Å². The average molecular weight is 367 g/mol. The van der Waals surface area contributed by atoms with Crippen molar-refractivity contribution in [3.05, 3.63) is 67.1 Å². The minimum Gasteiger partial charge on any atom is -0.379 e. The Morgan fingerprint density at radius 1 is 1.33 bits per heavy atom. The molecule has 7 heteroatoms. The fraction of sp³-hybridized carbons (Fsp3) is 0.0714. The predicted octanol–water partition coefficient (Wildman–Crippen LogP) is 4.49. The van der Waals surface area contributed by atoms with Crippen molar-refractivity contribution < 1.29 is 4.92 Å². The Morgan fingerprint density at radius 3 is 2.76 bits per heavy atom. The molecule has 0 saturated heterocycles. The maximum absolute atomic E-state index is 11.0. The van der Waals surface area contributed by atoms with E-state index in [0.717, 1.165) is 0 Å². The van der Waals surface area contributed by atoms with Gasteiger partial charge in [-0.2, -0.15) is 5.26 Å². The van der Waals surface area contributed by atoms with Gasteiger partial charge >= 0.3 is 0 Å². The van der Waals surface area contributed by atoms with Crippen molar-refractivity contribution in [3.8, 4) is 6.07 Å². The quantitative estimate of drug-likeness (QED) is 0.638. The van der Waals surface area contributed by atoms with Gasteiger partial charge in [-0.1, -0.05) is 27.5 Å². The summed E-state index contributed by atoms with van der Waals surface area (Å²) in [7, 11) is 0. The van der Waals surface area contributed by atoms with Gasteiger partial charge in [-0.25, -0.2) is 0 Å². The number of hydrogen-bond acceptors (Lipinski definition) is 4. The molecule has 0 aliphatic rings. The van der Waals surface area contributed by atoms with Crippen LogP contribution in [-0.2, 0) is 6.54 Å². The first kappa shape index (κ1) is 15.3. The normalized spacial score (nSPS) is 9.95. The average Bonchev–Trinajstić information content (AvgIpc) is 2.47. The number of benzene rings is 2. The molecule has 2 aromatic carbocycles. The fourth-order valence-electron chi connectivity index (χ4n) is 1.78. The van der Waals surface area contributed by atoms with Crippen molar-refractivity contribution in [1.82, 2.24) is 0 Å². The van der Waals surface area contributed by atoms with Crippen LogP contribution in [0.15, 0.2) is 40.9 Å². The molecule has 2 aromatic rings. The Bertz CT molecular complexity index is 743. The number of rotatable bonds is 4. The van der Waals surface area contributed by atoms with E-state index < -0.39 is 4.92 Å². The lowest BCUT2D eigenvalue weighted by molar-refractivity contribution is -0.385. The second kappa shape index (κ2) is 6.57. The van der Waals surface area contributed by atoms with E-state index in [2.05, 4.69) is 21.2 Å². The summed E-state index contributed by atoms with van der Waals surface area (Å²) in [5.74, 6) is 0. The molecular formula is C14H9BrClN3O2. The topological polar surface area (TPSA) is 79.0 Å². The van der Waals surface area contributed by atoms with Gasteiger partial charge in [-0.3, -0.25) is 10.1 Å². The maximum Gasteiger partial charge on any atom is 0.275 e. The van der Waals surface area contributed by atoms with Crippen molar-refractivity contribution in [1.29, 1.82) is 5.26 Å². The zero-order chi connectivity index (χ0) is 15.4. The molecule has 0 aliphatic heterocycles. The largest absolute Gasteiger partial charge is 0.379 e. The van der Waals surface area contributed by atoms with Crippen molar-refractivity contribution >= 4 is 38.9 Å². The van der Waals surface area contributed by atoms with E-state index in [1.807, 2.05) is 6.07 Å². The van der Waals surface area contributed by atoms with E-state index in [0.29, 0.717) is 26.3 Å². The molecule has 0 atom stereocenters. The molecule has 0 aromatic heterocycles. The van der Waals surface area contributed by atoms with E-state index >= 15 is 0 Å². The first-order valence-electron chi connectivity index (χ1n) is 5.87. The Balaban J connectivity index is 2.25. The lowest BCUT2D eigenvalue weighted by Crippen LogP contribution is -2.03. The highest BCUT2D eigenvalue weighted by Gasteiger charge is 2.14. The van der Waals surface area contributed by atoms with Gasteiger partial charge in [-0.05, 0) is 30.3 Å². The highest BCUT2D eigenvalue weighted by atomic mass is 79.9. The number of nitro benzene ring substituents is 1. The molecule has 0 fully saturated rings. The van der Waals surface area contributed by atoms with Gasteiger partial charge in [0.05, 0.1) is 27.3 Å². The number of nitro groups is 1. The van der Waals surface area contributed by atoms with Crippen LogP contribution in [0.3, 0.4) is 0 Å². The van der Waals surface area contributed by atoms with E-state index in [1.165, 1.54) is 6.07 Å². The van der Waals surface area contributed by atoms with Crippen molar-refractivity contribution in [3.63, 3.8) is 0 Å². The smallest absolute Gasteiger partial charge is 0.275 e. The summed E-state index contributed by atoms with van der Waals surface area (Å²) in [4.78, 5) is 10.6. The van der Waals surface area contributed by atoms with Crippen LogP contribution in [-0.4, -0.2) is 4.92 Å². The van der Waals surface area contributed by atoms with E-state index in [1.54, 1.807) is 30.3 Å². The minimum absolute atomic E-state index is 0.0180. The molecule has 0 spiro atoms. The number of nitrogens with one attached hydrogen (secondary N) is 1. The lowest BCUT2D eigenvalue weighted by atomic mass is 10.1. The molecule has 21 heavy (non-hydrogen) atoms. The highest BCUT2D eigenvalue weighted by Crippen LogP contribution is 2.27. The van der Waals surface area contributed by atoms with Gasteiger partial charge in [0.25, 0.3) is 5.69 Å². The molecule has 1 N–H and O–H groups in total. The van der Waals surface area contributed by atoms with Crippen LogP contribution in [0, 0.1) is 21.4 Å². The minimum atomic E-state index is -0.435. The predicted molar refractivity (Wildman–Crippen MR) is 84.3 cm³/mol. The molecule has 0 radical (unpaired) electrons. The lowest BCUT2D eigenvalue weighted by Gasteiger charge is -2.09. The summed E-state index contributed by atoms with van der Waals surface area (Å²) in [6.45, 7) is 0.234. The second-order valence-electron chi connectivity index (χ2n) is 4.19. The van der Waals surface area contributed by atoms with Gasteiger partial charge in [0.15, 0.2) is 0 Å². The molecule has 0 amide bonds. The molecule has 0 aliphatic carbocycles. The summed E-state index contributed by atoms with van der Waals surface area (Å²) in [5, 5.41) is 23.4. The van der Waals surface area contributed by atoms with Crippen molar-refractivity contribution in [2.45, 2.75) is 6.54 Å². The molecular weight excluding hydrogens is 358 g/mol.